The van der Waals surface area contributed by atoms with Crippen molar-refractivity contribution in [2.75, 3.05) is 0 Å². The van der Waals surface area contributed by atoms with Crippen molar-refractivity contribution in [2.24, 2.45) is 5.73 Å². The number of nitrogens with zero attached hydrogens (tertiary/aromatic N) is 3. The fraction of sp³-hybridized carbons (Fsp3) is 0.385. The Morgan fingerprint density at radius 3 is 2.89 bits per heavy atom. The summed E-state index contributed by atoms with van der Waals surface area (Å²) in [4.78, 5) is 4.58. The summed E-state index contributed by atoms with van der Waals surface area (Å²) in [7, 11) is 0. The summed E-state index contributed by atoms with van der Waals surface area (Å²) in [6.07, 6.45) is 2.62. The molecule has 1 unspecified atom stereocenters. The number of hydrogen-bond acceptors (Lipinski definition) is 3. The quantitative estimate of drug-likeness (QED) is 0.922. The van der Waals surface area contributed by atoms with Gasteiger partial charge >= 0.3 is 0 Å². The Labute approximate surface area is 114 Å². The number of aryl methyl sites for hydroxylation is 1. The van der Waals surface area contributed by atoms with E-state index in [0.717, 1.165) is 41.9 Å². The summed E-state index contributed by atoms with van der Waals surface area (Å²) in [6, 6.07) is 8.51. The summed E-state index contributed by atoms with van der Waals surface area (Å²) in [6.45, 7) is 0.893. The molecule has 1 aliphatic heterocycles. The fourth-order valence-corrected chi connectivity index (χ4v) is 2.50. The second-order valence-corrected chi connectivity index (χ2v) is 5.64. The molecule has 94 valence electrons. The number of benzene rings is 1. The maximum Gasteiger partial charge on any atom is 0.155 e. The second kappa shape index (κ2) is 4.82. The number of hydrogen-bond donors (Lipinski definition) is 1. The van der Waals surface area contributed by atoms with Gasteiger partial charge in [-0.15, -0.1) is 0 Å². The van der Waals surface area contributed by atoms with E-state index >= 15 is 0 Å². The molecular formula is C13H15BrN4. The lowest BCUT2D eigenvalue weighted by Crippen LogP contribution is -2.31. The predicted molar refractivity (Wildman–Crippen MR) is 73.3 cm³/mol. The molecule has 1 atom stereocenters. The number of fused-ring (bicyclic) bond motifs is 1. The Kier molecular flexibility index (Phi) is 3.18. The summed E-state index contributed by atoms with van der Waals surface area (Å²) in [5.41, 5.74) is 7.17. The SMILES string of the molecule is NC1CCn2nc(Cc3ccc(Br)cc3)nc2C1. The Morgan fingerprint density at radius 2 is 2.11 bits per heavy atom. The van der Waals surface area contributed by atoms with E-state index in [4.69, 9.17) is 5.73 Å². The number of nitrogens with two attached hydrogens (primary N) is 1. The first-order chi connectivity index (χ1) is 8.70. The summed E-state index contributed by atoms with van der Waals surface area (Å²) < 4.78 is 3.09. The molecule has 0 radical (unpaired) electrons. The van der Waals surface area contributed by atoms with Crippen LogP contribution in [0.1, 0.15) is 23.6 Å². The van der Waals surface area contributed by atoms with Gasteiger partial charge in [0, 0.05) is 29.9 Å². The molecule has 2 aromatic rings. The Morgan fingerprint density at radius 1 is 1.33 bits per heavy atom. The lowest BCUT2D eigenvalue weighted by molar-refractivity contribution is 0.432. The van der Waals surface area contributed by atoms with E-state index in [1.165, 1.54) is 5.56 Å². The lowest BCUT2D eigenvalue weighted by Gasteiger charge is -2.17. The molecular weight excluding hydrogens is 292 g/mol. The highest BCUT2D eigenvalue weighted by Crippen LogP contribution is 2.15. The Bertz CT molecular complexity index is 547. The maximum absolute atomic E-state index is 5.94. The average molecular weight is 307 g/mol. The minimum Gasteiger partial charge on any atom is -0.327 e. The van der Waals surface area contributed by atoms with Crippen molar-refractivity contribution in [2.45, 2.75) is 31.8 Å². The van der Waals surface area contributed by atoms with E-state index < -0.39 is 0 Å². The summed E-state index contributed by atoms with van der Waals surface area (Å²) in [5.74, 6) is 1.92. The molecule has 0 fully saturated rings. The smallest absolute Gasteiger partial charge is 0.155 e. The zero-order valence-corrected chi connectivity index (χ0v) is 11.6. The van der Waals surface area contributed by atoms with Gasteiger partial charge in [0.2, 0.25) is 0 Å². The molecule has 2 heterocycles. The Hall–Kier alpha value is -1.20. The van der Waals surface area contributed by atoms with Crippen LogP contribution in [0.5, 0.6) is 0 Å². The van der Waals surface area contributed by atoms with Gasteiger partial charge in [0.25, 0.3) is 0 Å². The third-order valence-electron chi connectivity index (χ3n) is 3.22. The highest BCUT2D eigenvalue weighted by molar-refractivity contribution is 9.10. The van der Waals surface area contributed by atoms with Crippen molar-refractivity contribution in [3.05, 3.63) is 46.0 Å². The van der Waals surface area contributed by atoms with Crippen LogP contribution in [-0.2, 0) is 19.4 Å². The van der Waals surface area contributed by atoms with E-state index in [-0.39, 0.29) is 6.04 Å². The van der Waals surface area contributed by atoms with Crippen molar-refractivity contribution in [3.63, 3.8) is 0 Å². The predicted octanol–water partition coefficient (Wildman–Crippen LogP) is 1.90. The van der Waals surface area contributed by atoms with Gasteiger partial charge in [0.05, 0.1) is 0 Å². The molecule has 0 saturated carbocycles. The van der Waals surface area contributed by atoms with Gasteiger partial charge in [-0.25, -0.2) is 9.67 Å². The van der Waals surface area contributed by atoms with Crippen LogP contribution in [0.4, 0.5) is 0 Å². The lowest BCUT2D eigenvalue weighted by atomic mass is 10.1. The van der Waals surface area contributed by atoms with Gasteiger partial charge in [-0.1, -0.05) is 28.1 Å². The standard InChI is InChI=1S/C13H15BrN4/c14-10-3-1-9(2-4-10)7-12-16-13-8-11(15)5-6-18(13)17-12/h1-4,11H,5-8,15H2. The van der Waals surface area contributed by atoms with Gasteiger partial charge < -0.3 is 5.73 Å². The second-order valence-electron chi connectivity index (χ2n) is 4.72. The van der Waals surface area contributed by atoms with E-state index in [1.807, 2.05) is 16.8 Å². The normalized spacial score (nSPS) is 18.7. The third-order valence-corrected chi connectivity index (χ3v) is 3.75. The molecule has 0 aliphatic carbocycles. The van der Waals surface area contributed by atoms with Gasteiger partial charge in [-0.2, -0.15) is 5.10 Å². The van der Waals surface area contributed by atoms with Crippen molar-refractivity contribution >= 4 is 15.9 Å². The zero-order valence-electron chi connectivity index (χ0n) is 10.0. The van der Waals surface area contributed by atoms with Crippen molar-refractivity contribution in [1.29, 1.82) is 0 Å². The van der Waals surface area contributed by atoms with Crippen molar-refractivity contribution in [3.8, 4) is 0 Å². The third kappa shape index (κ3) is 2.47. The maximum atomic E-state index is 5.94. The largest absolute Gasteiger partial charge is 0.327 e. The molecule has 1 aliphatic rings. The van der Waals surface area contributed by atoms with Crippen LogP contribution in [-0.4, -0.2) is 20.8 Å². The highest BCUT2D eigenvalue weighted by Gasteiger charge is 2.18. The molecule has 1 aromatic heterocycles. The topological polar surface area (TPSA) is 56.7 Å². The van der Waals surface area contributed by atoms with Crippen LogP contribution >= 0.6 is 15.9 Å². The molecule has 5 heteroatoms. The van der Waals surface area contributed by atoms with Crippen LogP contribution < -0.4 is 5.73 Å². The van der Waals surface area contributed by atoms with Gasteiger partial charge in [-0.05, 0) is 24.1 Å². The highest BCUT2D eigenvalue weighted by atomic mass is 79.9. The molecule has 18 heavy (non-hydrogen) atoms. The van der Waals surface area contributed by atoms with Crippen molar-refractivity contribution < 1.29 is 0 Å². The molecule has 0 amide bonds. The minimum absolute atomic E-state index is 0.238. The fourth-order valence-electron chi connectivity index (χ4n) is 2.24. The zero-order chi connectivity index (χ0) is 12.5. The Balaban J connectivity index is 1.79. The van der Waals surface area contributed by atoms with Crippen LogP contribution in [0, 0.1) is 0 Å². The van der Waals surface area contributed by atoms with Gasteiger partial charge in [-0.3, -0.25) is 0 Å². The first-order valence-electron chi connectivity index (χ1n) is 6.13. The number of rotatable bonds is 2. The molecule has 2 N–H and O–H groups in total. The number of halogens is 1. The van der Waals surface area contributed by atoms with Crippen LogP contribution in [0.3, 0.4) is 0 Å². The molecule has 4 nitrogen and oxygen atoms in total. The minimum atomic E-state index is 0.238. The molecule has 0 spiro atoms. The van der Waals surface area contributed by atoms with E-state index in [1.54, 1.807) is 0 Å². The van der Waals surface area contributed by atoms with E-state index in [9.17, 15) is 0 Å². The summed E-state index contributed by atoms with van der Waals surface area (Å²) in [5, 5.41) is 4.54. The van der Waals surface area contributed by atoms with E-state index in [2.05, 4.69) is 38.1 Å². The average Bonchev–Trinajstić information content (AvgIpc) is 2.73. The molecule has 1 aromatic carbocycles. The molecule has 0 bridgehead atoms. The summed E-state index contributed by atoms with van der Waals surface area (Å²) >= 11 is 3.43. The van der Waals surface area contributed by atoms with Crippen molar-refractivity contribution in [1.82, 2.24) is 14.8 Å². The first-order valence-corrected chi connectivity index (χ1v) is 6.92. The monoisotopic (exact) mass is 306 g/mol. The van der Waals surface area contributed by atoms with Crippen LogP contribution in [0.2, 0.25) is 0 Å². The molecule has 0 saturated heterocycles. The van der Waals surface area contributed by atoms with Gasteiger partial charge in [0.1, 0.15) is 5.82 Å². The van der Waals surface area contributed by atoms with E-state index in [0.29, 0.717) is 0 Å². The first kappa shape index (κ1) is 11.9. The van der Waals surface area contributed by atoms with Gasteiger partial charge in [0.15, 0.2) is 5.82 Å². The van der Waals surface area contributed by atoms with Crippen LogP contribution in [0.15, 0.2) is 28.7 Å². The number of aromatic nitrogens is 3. The van der Waals surface area contributed by atoms with Crippen LogP contribution in [0.25, 0.3) is 0 Å². The molecule has 3 rings (SSSR count).